The van der Waals surface area contributed by atoms with Crippen LogP contribution in [0.5, 0.6) is 0 Å². The fourth-order valence-corrected chi connectivity index (χ4v) is 4.77. The van der Waals surface area contributed by atoms with E-state index in [2.05, 4.69) is 65.7 Å². The van der Waals surface area contributed by atoms with Crippen molar-refractivity contribution in [3.63, 3.8) is 0 Å². The minimum Gasteiger partial charge on any atom is -0.358 e. The Morgan fingerprint density at radius 2 is 2.00 bits per heavy atom. The lowest BCUT2D eigenvalue weighted by Crippen LogP contribution is -2.33. The summed E-state index contributed by atoms with van der Waals surface area (Å²) in [4.78, 5) is 28.0. The predicted molar refractivity (Wildman–Crippen MR) is 120 cm³/mol. The normalized spacial score (nSPS) is 19.8. The van der Waals surface area contributed by atoms with Crippen LogP contribution in [0.15, 0.2) is 32.4 Å². The highest BCUT2D eigenvalue weighted by atomic mass is 79.9. The summed E-state index contributed by atoms with van der Waals surface area (Å²) in [6.45, 7) is 4.20. The van der Waals surface area contributed by atoms with E-state index in [9.17, 15) is 4.79 Å². The fraction of sp³-hybridized carbons (Fsp3) is 0.350. The van der Waals surface area contributed by atoms with Gasteiger partial charge in [-0.1, -0.05) is 35.8 Å². The quantitative estimate of drug-likeness (QED) is 0.393. The molecule has 0 saturated heterocycles. The highest BCUT2D eigenvalue weighted by molar-refractivity contribution is 9.10. The number of aliphatic imine (C=N–C) groups is 1. The topological polar surface area (TPSA) is 73.9 Å². The van der Waals surface area contributed by atoms with Gasteiger partial charge < -0.3 is 9.97 Å². The molecule has 0 saturated carbocycles. The van der Waals surface area contributed by atoms with Crippen LogP contribution in [0, 0.1) is 0 Å². The Bertz CT molecular complexity index is 1100. The molecule has 4 rings (SSSR count). The van der Waals surface area contributed by atoms with Crippen LogP contribution in [0.4, 0.5) is 0 Å². The first kappa shape index (κ1) is 19.9. The van der Waals surface area contributed by atoms with Gasteiger partial charge in [0.15, 0.2) is 4.73 Å². The second kappa shape index (κ2) is 7.43. The van der Waals surface area contributed by atoms with E-state index in [-0.39, 0.29) is 23.1 Å². The third-order valence-corrected chi connectivity index (χ3v) is 6.91. The molecule has 28 heavy (non-hydrogen) atoms. The number of rotatable bonds is 0. The van der Waals surface area contributed by atoms with Crippen molar-refractivity contribution in [2.24, 2.45) is 4.99 Å². The molecule has 0 fully saturated rings. The van der Waals surface area contributed by atoms with Crippen LogP contribution in [0.1, 0.15) is 36.5 Å². The Hall–Kier alpha value is -1.44. The highest BCUT2D eigenvalue weighted by Crippen LogP contribution is 2.36. The molecular formula is C20H19Br2ClN4O. The van der Waals surface area contributed by atoms with Gasteiger partial charge in [-0.15, -0.1) is 11.6 Å². The Balaban J connectivity index is 1.86. The summed E-state index contributed by atoms with van der Waals surface area (Å²) in [5, 5.41) is 0.812. The summed E-state index contributed by atoms with van der Waals surface area (Å²) in [6.07, 6.45) is 2.99. The fourth-order valence-electron chi connectivity index (χ4n) is 3.74. The van der Waals surface area contributed by atoms with E-state index in [0.29, 0.717) is 17.6 Å². The molecule has 1 unspecified atom stereocenters. The number of aromatic nitrogens is 3. The maximum Gasteiger partial charge on any atom is 0.249 e. The van der Waals surface area contributed by atoms with E-state index in [1.54, 1.807) is 6.21 Å². The van der Waals surface area contributed by atoms with Gasteiger partial charge in [0, 0.05) is 56.6 Å². The van der Waals surface area contributed by atoms with Crippen LogP contribution in [0.3, 0.4) is 0 Å². The Morgan fingerprint density at radius 1 is 1.21 bits per heavy atom. The van der Waals surface area contributed by atoms with Gasteiger partial charge >= 0.3 is 0 Å². The largest absolute Gasteiger partial charge is 0.358 e. The molecule has 8 heteroatoms. The van der Waals surface area contributed by atoms with Crippen LogP contribution >= 0.6 is 43.5 Å². The molecule has 1 aromatic carbocycles. The number of carbonyl (C=O) groups is 1. The second-order valence-corrected chi connectivity index (χ2v) is 9.80. The molecule has 0 radical (unpaired) electrons. The first-order valence-corrected chi connectivity index (χ1v) is 11.0. The van der Waals surface area contributed by atoms with Crippen LogP contribution in [-0.4, -0.2) is 32.5 Å². The van der Waals surface area contributed by atoms with Crippen molar-refractivity contribution in [2.45, 2.75) is 43.9 Å². The van der Waals surface area contributed by atoms with E-state index in [1.165, 1.54) is 0 Å². The molecule has 3 heterocycles. The number of nitrogens with zero attached hydrogens (tertiary/aromatic N) is 2. The number of amides is 1. The zero-order chi connectivity index (χ0) is 20.1. The molecule has 1 atom stereocenters. The monoisotopic (exact) mass is 524 g/mol. The third-order valence-electron chi connectivity index (χ3n) is 5.34. The lowest BCUT2D eigenvalue weighted by atomic mass is 9.81. The average molecular weight is 527 g/mol. The smallest absolute Gasteiger partial charge is 0.249 e. The summed E-state index contributed by atoms with van der Waals surface area (Å²) >= 11 is 13.9. The summed E-state index contributed by atoms with van der Waals surface area (Å²) in [7, 11) is 0. The van der Waals surface area contributed by atoms with E-state index < -0.39 is 0 Å². The molecular weight excluding hydrogens is 508 g/mol. The van der Waals surface area contributed by atoms with Gasteiger partial charge in [0.2, 0.25) is 5.91 Å². The van der Waals surface area contributed by atoms with E-state index in [1.807, 2.05) is 18.2 Å². The summed E-state index contributed by atoms with van der Waals surface area (Å²) in [5.74, 6) is -0.170. The van der Waals surface area contributed by atoms with E-state index >= 15 is 0 Å². The average Bonchev–Trinajstić information content (AvgIpc) is 3.15. The molecule has 2 N–H and O–H groups in total. The SMILES string of the molecule is CC1(C)c2nc(Br)[nH]c2CC=NC(=O)Cc2c([nH]c3cc(Br)ccc23)CC1Cl. The first-order valence-electron chi connectivity index (χ1n) is 8.99. The van der Waals surface area contributed by atoms with Gasteiger partial charge in [-0.2, -0.15) is 0 Å². The van der Waals surface area contributed by atoms with Crippen molar-refractivity contribution in [2.75, 3.05) is 0 Å². The number of carbonyl (C=O) groups excluding carboxylic acids is 1. The number of hydrogen-bond acceptors (Lipinski definition) is 2. The minimum absolute atomic E-state index is 0.170. The van der Waals surface area contributed by atoms with Gasteiger partial charge in [-0.3, -0.25) is 4.79 Å². The standard InChI is InChI=1S/C20H19Br2ClN4O/c1-20(2)16(23)9-15-12(11-4-3-10(21)7-14(11)25-15)8-17(28)24-6-5-13-18(20)27-19(22)26-13/h3-4,6-7,16,25H,5,8-9H2,1-2H3,(H,26,27). The highest BCUT2D eigenvalue weighted by Gasteiger charge is 2.36. The maximum absolute atomic E-state index is 12.5. The number of alkyl halides is 1. The van der Waals surface area contributed by atoms with Crippen molar-refractivity contribution in [3.05, 3.63) is 50.1 Å². The van der Waals surface area contributed by atoms with Crippen molar-refractivity contribution in [1.82, 2.24) is 15.0 Å². The number of aromatic amines is 2. The molecule has 1 aliphatic rings. The zero-order valence-corrected chi connectivity index (χ0v) is 19.4. The number of H-pyrrole nitrogens is 2. The van der Waals surface area contributed by atoms with Gasteiger partial charge in [-0.25, -0.2) is 9.98 Å². The number of hydrogen-bond donors (Lipinski definition) is 2. The van der Waals surface area contributed by atoms with E-state index in [4.69, 9.17) is 11.6 Å². The molecule has 1 aliphatic heterocycles. The molecule has 0 spiro atoms. The van der Waals surface area contributed by atoms with E-state index in [0.717, 1.165) is 38.0 Å². The van der Waals surface area contributed by atoms with Gasteiger partial charge in [0.05, 0.1) is 12.1 Å². The third kappa shape index (κ3) is 3.60. The van der Waals surface area contributed by atoms with Crippen LogP contribution < -0.4 is 0 Å². The van der Waals surface area contributed by atoms with Gasteiger partial charge in [0.25, 0.3) is 0 Å². The minimum atomic E-state index is -0.383. The van der Waals surface area contributed by atoms with Gasteiger partial charge in [0.1, 0.15) is 0 Å². The zero-order valence-electron chi connectivity index (χ0n) is 15.4. The van der Waals surface area contributed by atoms with Crippen molar-refractivity contribution in [1.29, 1.82) is 0 Å². The van der Waals surface area contributed by atoms with Crippen molar-refractivity contribution < 1.29 is 4.79 Å². The molecule has 5 nitrogen and oxygen atoms in total. The van der Waals surface area contributed by atoms with Crippen molar-refractivity contribution in [3.8, 4) is 0 Å². The molecule has 3 aromatic rings. The predicted octanol–water partition coefficient (Wildman–Crippen LogP) is 5.24. The maximum atomic E-state index is 12.5. The number of nitrogens with one attached hydrogen (secondary N) is 2. The molecule has 146 valence electrons. The van der Waals surface area contributed by atoms with Crippen LogP contribution in [0.25, 0.3) is 10.9 Å². The molecule has 0 aliphatic carbocycles. The van der Waals surface area contributed by atoms with Gasteiger partial charge in [-0.05, 0) is 33.6 Å². The number of imidazole rings is 1. The number of halogens is 3. The summed E-state index contributed by atoms with van der Waals surface area (Å²) < 4.78 is 1.63. The second-order valence-electron chi connectivity index (χ2n) is 7.61. The Morgan fingerprint density at radius 3 is 2.79 bits per heavy atom. The lowest BCUT2D eigenvalue weighted by Gasteiger charge is -2.29. The number of fused-ring (bicyclic) bond motifs is 4. The number of benzene rings is 1. The first-order chi connectivity index (χ1) is 13.3. The molecule has 0 bridgehead atoms. The Labute approximate surface area is 184 Å². The molecule has 1 amide bonds. The molecule has 2 aromatic heterocycles. The lowest BCUT2D eigenvalue weighted by molar-refractivity contribution is -0.117. The van der Waals surface area contributed by atoms with Crippen molar-refractivity contribution >= 4 is 66.5 Å². The van der Waals surface area contributed by atoms with Crippen LogP contribution in [0.2, 0.25) is 0 Å². The van der Waals surface area contributed by atoms with Crippen LogP contribution in [-0.2, 0) is 29.5 Å². The summed E-state index contributed by atoms with van der Waals surface area (Å²) in [6, 6.07) is 6.02. The summed E-state index contributed by atoms with van der Waals surface area (Å²) in [5.41, 5.74) is 4.35. The Kier molecular flexibility index (Phi) is 5.27.